The molecule has 0 radical (unpaired) electrons. The lowest BCUT2D eigenvalue weighted by molar-refractivity contribution is 0.126. The minimum Gasteiger partial charge on any atom is -0.491 e. The van der Waals surface area contributed by atoms with Gasteiger partial charge in [-0.05, 0) is 29.7 Å². The quantitative estimate of drug-likeness (QED) is 0.553. The van der Waals surface area contributed by atoms with Crippen LogP contribution in [0.3, 0.4) is 0 Å². The molecule has 1 aromatic heterocycles. The Bertz CT molecular complexity index is 891. The Balaban J connectivity index is 1.49. The molecule has 1 heterocycles. The van der Waals surface area contributed by atoms with Crippen LogP contribution in [0.4, 0.5) is 0 Å². The second-order valence-electron chi connectivity index (χ2n) is 6.13. The molecule has 2 N–H and O–H groups in total. The number of nitrogens with zero attached hydrogens (tertiary/aromatic N) is 2. The average molecular weight is 385 g/mol. The summed E-state index contributed by atoms with van der Waals surface area (Å²) in [5.74, 6) is 1.11. The molecule has 0 aliphatic carbocycles. The van der Waals surface area contributed by atoms with E-state index in [1.54, 1.807) is 4.57 Å². The maximum absolute atomic E-state index is 11.7. The van der Waals surface area contributed by atoms with E-state index in [0.29, 0.717) is 23.2 Å². The van der Waals surface area contributed by atoms with Gasteiger partial charge in [-0.3, -0.25) is 4.57 Å². The zero-order chi connectivity index (χ0) is 19.1. The van der Waals surface area contributed by atoms with Crippen molar-refractivity contribution >= 4 is 11.8 Å². The van der Waals surface area contributed by atoms with Gasteiger partial charge in [0, 0.05) is 12.3 Å². The first-order chi connectivity index (χ1) is 13.2. The Hall–Kier alpha value is -2.51. The van der Waals surface area contributed by atoms with Crippen LogP contribution in [-0.4, -0.2) is 38.3 Å². The summed E-state index contributed by atoms with van der Waals surface area (Å²) < 4.78 is 7.25. The first-order valence-electron chi connectivity index (χ1n) is 8.91. The third-order valence-electron chi connectivity index (χ3n) is 3.98. The van der Waals surface area contributed by atoms with Gasteiger partial charge >= 0.3 is 5.69 Å². The number of hydrogen-bond acceptors (Lipinski definition) is 5. The largest absolute Gasteiger partial charge is 0.491 e. The Kier molecular flexibility index (Phi) is 6.73. The number of hydrogen-bond donors (Lipinski definition) is 2. The fourth-order valence-corrected chi connectivity index (χ4v) is 3.50. The van der Waals surface area contributed by atoms with Crippen LogP contribution in [0.5, 0.6) is 5.75 Å². The minimum atomic E-state index is -0.661. The number of aliphatic hydroxyl groups excluding tert-OH is 1. The topological polar surface area (TPSA) is 80.1 Å². The number of rotatable bonds is 9. The first-order valence-corrected chi connectivity index (χ1v) is 9.90. The van der Waals surface area contributed by atoms with Crippen LogP contribution in [0.2, 0.25) is 0 Å². The smallest absolute Gasteiger partial charge is 0.343 e. The molecule has 3 aromatic rings. The lowest BCUT2D eigenvalue weighted by Crippen LogP contribution is -2.21. The number of H-pyrrole nitrogens is 1. The molecule has 2 aromatic carbocycles. The number of aromatic amines is 1. The van der Waals surface area contributed by atoms with Crippen LogP contribution >= 0.6 is 11.8 Å². The van der Waals surface area contributed by atoms with Gasteiger partial charge in [0.1, 0.15) is 12.4 Å². The number of thioether (sulfide) groups is 1. The van der Waals surface area contributed by atoms with Crippen LogP contribution in [0.1, 0.15) is 13.3 Å². The summed E-state index contributed by atoms with van der Waals surface area (Å²) in [5, 5.41) is 17.2. The lowest BCUT2D eigenvalue weighted by atomic mass is 10.1. The molecule has 6 nitrogen and oxygen atoms in total. The molecule has 0 aliphatic heterocycles. The van der Waals surface area contributed by atoms with Crippen molar-refractivity contribution in [1.82, 2.24) is 14.8 Å². The molecule has 0 aliphatic rings. The van der Waals surface area contributed by atoms with Crippen LogP contribution in [-0.2, 0) is 6.54 Å². The average Bonchev–Trinajstić information content (AvgIpc) is 3.06. The maximum Gasteiger partial charge on any atom is 0.343 e. The highest BCUT2D eigenvalue weighted by atomic mass is 32.2. The third kappa shape index (κ3) is 5.24. The zero-order valence-electron chi connectivity index (χ0n) is 15.2. The van der Waals surface area contributed by atoms with Crippen molar-refractivity contribution in [2.75, 3.05) is 12.4 Å². The molecule has 0 unspecified atom stereocenters. The lowest BCUT2D eigenvalue weighted by Gasteiger charge is -2.12. The van der Waals surface area contributed by atoms with Gasteiger partial charge in [-0.25, -0.2) is 9.89 Å². The van der Waals surface area contributed by atoms with Crippen LogP contribution in [0, 0.1) is 0 Å². The summed E-state index contributed by atoms with van der Waals surface area (Å²) in [7, 11) is 0. The molecule has 0 saturated heterocycles. The van der Waals surface area contributed by atoms with Crippen molar-refractivity contribution in [2.24, 2.45) is 0 Å². The predicted octanol–water partition coefficient (Wildman–Crippen LogP) is 3.18. The van der Waals surface area contributed by atoms with E-state index in [1.165, 1.54) is 11.8 Å². The summed E-state index contributed by atoms with van der Waals surface area (Å²) in [5.41, 5.74) is 2.05. The number of aromatic nitrogens is 3. The zero-order valence-corrected chi connectivity index (χ0v) is 16.0. The van der Waals surface area contributed by atoms with E-state index in [0.717, 1.165) is 17.5 Å². The molecule has 0 amide bonds. The molecule has 0 fully saturated rings. The Morgan fingerprint density at radius 2 is 1.85 bits per heavy atom. The summed E-state index contributed by atoms with van der Waals surface area (Å²) in [4.78, 5) is 11.7. The summed E-state index contributed by atoms with van der Waals surface area (Å²) in [6.45, 7) is 2.79. The van der Waals surface area contributed by atoms with E-state index in [4.69, 9.17) is 4.74 Å². The van der Waals surface area contributed by atoms with Crippen LogP contribution in [0.15, 0.2) is 64.5 Å². The van der Waals surface area contributed by atoms with Crippen molar-refractivity contribution in [2.45, 2.75) is 31.1 Å². The summed E-state index contributed by atoms with van der Waals surface area (Å²) in [6.07, 6.45) is 0.183. The van der Waals surface area contributed by atoms with Gasteiger partial charge < -0.3 is 9.84 Å². The van der Waals surface area contributed by atoms with Crippen molar-refractivity contribution in [3.8, 4) is 16.9 Å². The van der Waals surface area contributed by atoms with Gasteiger partial charge in [0.15, 0.2) is 5.16 Å². The van der Waals surface area contributed by atoms with Crippen LogP contribution < -0.4 is 10.4 Å². The fraction of sp³-hybridized carbons (Fsp3) is 0.300. The van der Waals surface area contributed by atoms with Gasteiger partial charge in [0.25, 0.3) is 0 Å². The van der Waals surface area contributed by atoms with E-state index in [1.807, 2.05) is 49.4 Å². The highest BCUT2D eigenvalue weighted by Crippen LogP contribution is 2.22. The standard InChI is InChI=1S/C20H23N3O3S/c1-2-12-23-19(25)21-22-20(23)27-14-17(24)13-26-18-10-8-16(9-11-18)15-6-4-3-5-7-15/h3-11,17,24H,2,12-14H2,1H3,(H,21,25)/t17-/m1/s1. The first kappa shape index (κ1) is 19.3. The Morgan fingerprint density at radius 1 is 1.15 bits per heavy atom. The molecule has 0 bridgehead atoms. The van der Waals surface area contributed by atoms with E-state index < -0.39 is 6.10 Å². The number of benzene rings is 2. The van der Waals surface area contributed by atoms with Crippen molar-refractivity contribution in [1.29, 1.82) is 0 Å². The number of aliphatic hydroxyl groups is 1. The molecule has 0 spiro atoms. The molecule has 1 atom stereocenters. The van der Waals surface area contributed by atoms with Gasteiger partial charge in [0.2, 0.25) is 0 Å². The molecular formula is C20H23N3O3S. The van der Waals surface area contributed by atoms with Gasteiger partial charge in [-0.2, -0.15) is 0 Å². The third-order valence-corrected chi connectivity index (χ3v) is 5.10. The fourth-order valence-electron chi connectivity index (χ4n) is 2.62. The maximum atomic E-state index is 11.7. The second-order valence-corrected chi connectivity index (χ2v) is 7.12. The van der Waals surface area contributed by atoms with Gasteiger partial charge in [-0.15, -0.1) is 5.10 Å². The Morgan fingerprint density at radius 3 is 2.56 bits per heavy atom. The Labute approximate surface area is 162 Å². The highest BCUT2D eigenvalue weighted by Gasteiger charge is 2.12. The van der Waals surface area contributed by atoms with Gasteiger partial charge in [0.05, 0.1) is 6.10 Å². The molecular weight excluding hydrogens is 362 g/mol. The highest BCUT2D eigenvalue weighted by molar-refractivity contribution is 7.99. The summed E-state index contributed by atoms with van der Waals surface area (Å²) >= 11 is 1.34. The molecule has 7 heteroatoms. The van der Waals surface area contributed by atoms with E-state index >= 15 is 0 Å². The van der Waals surface area contributed by atoms with Crippen molar-refractivity contribution in [3.05, 3.63) is 65.1 Å². The van der Waals surface area contributed by atoms with E-state index in [2.05, 4.69) is 22.3 Å². The molecule has 27 heavy (non-hydrogen) atoms. The number of nitrogens with one attached hydrogen (secondary N) is 1. The molecule has 0 saturated carbocycles. The molecule has 3 rings (SSSR count). The van der Waals surface area contributed by atoms with Gasteiger partial charge in [-0.1, -0.05) is 61.2 Å². The second kappa shape index (κ2) is 9.43. The SMILES string of the molecule is CCCn1c(SC[C@H](O)COc2ccc(-c3ccccc3)cc2)n[nH]c1=O. The molecule has 142 valence electrons. The van der Waals surface area contributed by atoms with Crippen molar-refractivity contribution in [3.63, 3.8) is 0 Å². The van der Waals surface area contributed by atoms with Crippen molar-refractivity contribution < 1.29 is 9.84 Å². The van der Waals surface area contributed by atoms with E-state index in [-0.39, 0.29) is 12.3 Å². The summed E-state index contributed by atoms with van der Waals surface area (Å²) in [6, 6.07) is 17.9. The normalized spacial score (nSPS) is 12.1. The predicted molar refractivity (Wildman–Crippen MR) is 107 cm³/mol. The minimum absolute atomic E-state index is 0.181. The monoisotopic (exact) mass is 385 g/mol. The van der Waals surface area contributed by atoms with E-state index in [9.17, 15) is 9.90 Å². The number of ether oxygens (including phenoxy) is 1. The van der Waals surface area contributed by atoms with Crippen LogP contribution in [0.25, 0.3) is 11.1 Å².